The smallest absolute Gasteiger partial charge is 0.262 e. The molecule has 3 aromatic rings. The number of benzene rings is 2. The predicted octanol–water partition coefficient (Wildman–Crippen LogP) is 5.87. The maximum Gasteiger partial charge on any atom is 0.262 e. The highest BCUT2D eigenvalue weighted by atomic mass is 35.5. The van der Waals surface area contributed by atoms with Crippen molar-refractivity contribution in [3.63, 3.8) is 0 Å². The van der Waals surface area contributed by atoms with Crippen molar-refractivity contribution in [2.45, 2.75) is 23.0 Å². The number of rotatable bonds is 6. The van der Waals surface area contributed by atoms with Gasteiger partial charge in [0.1, 0.15) is 17.4 Å². The number of furan rings is 1. The molecule has 0 saturated heterocycles. The Bertz CT molecular complexity index is 1020. The lowest BCUT2D eigenvalue weighted by Crippen LogP contribution is -2.27. The summed E-state index contributed by atoms with van der Waals surface area (Å²) in [6.07, 6.45) is 1.44. The Hall–Kier alpha value is -2.94. The Kier molecular flexibility index (Phi) is 6.59. The van der Waals surface area contributed by atoms with Gasteiger partial charge in [0.15, 0.2) is 5.09 Å². The molecular formula is C22H17ClN2O2S. The number of carbonyl (C=O) groups excluding carboxylic acids is 1. The Balaban J connectivity index is 1.68. The van der Waals surface area contributed by atoms with E-state index in [1.54, 1.807) is 24.3 Å². The number of carbonyl (C=O) groups is 1. The van der Waals surface area contributed by atoms with Crippen molar-refractivity contribution in [3.8, 4) is 6.07 Å². The van der Waals surface area contributed by atoms with E-state index in [0.29, 0.717) is 15.9 Å². The molecule has 0 fully saturated rings. The number of halogens is 1. The van der Waals surface area contributed by atoms with Gasteiger partial charge in [-0.1, -0.05) is 53.7 Å². The van der Waals surface area contributed by atoms with Crippen LogP contribution in [-0.2, 0) is 4.79 Å². The average molecular weight is 409 g/mol. The number of hydrogen-bond donors (Lipinski definition) is 1. The second kappa shape index (κ2) is 9.32. The van der Waals surface area contributed by atoms with Gasteiger partial charge in [0.25, 0.3) is 5.91 Å². The number of amides is 1. The minimum atomic E-state index is -0.442. The number of nitriles is 1. The lowest BCUT2D eigenvalue weighted by atomic mass is 10.1. The van der Waals surface area contributed by atoms with Gasteiger partial charge in [0.2, 0.25) is 0 Å². The molecule has 1 N–H and O–H groups in total. The van der Waals surface area contributed by atoms with E-state index in [1.807, 2.05) is 55.5 Å². The van der Waals surface area contributed by atoms with Crippen LogP contribution in [0.25, 0.3) is 6.08 Å². The van der Waals surface area contributed by atoms with Gasteiger partial charge in [-0.15, -0.1) is 0 Å². The minimum Gasteiger partial charge on any atom is -0.450 e. The summed E-state index contributed by atoms with van der Waals surface area (Å²) < 4.78 is 5.71. The van der Waals surface area contributed by atoms with Gasteiger partial charge >= 0.3 is 0 Å². The van der Waals surface area contributed by atoms with Crippen molar-refractivity contribution in [1.82, 2.24) is 5.32 Å². The summed E-state index contributed by atoms with van der Waals surface area (Å²) in [6.45, 7) is 1.87. The largest absolute Gasteiger partial charge is 0.450 e. The molecule has 0 saturated carbocycles. The topological polar surface area (TPSA) is 66.0 Å². The van der Waals surface area contributed by atoms with Gasteiger partial charge < -0.3 is 9.73 Å². The van der Waals surface area contributed by atoms with Crippen LogP contribution in [0.1, 0.15) is 24.3 Å². The Morgan fingerprint density at radius 3 is 2.54 bits per heavy atom. The first kappa shape index (κ1) is 19.8. The van der Waals surface area contributed by atoms with Gasteiger partial charge in [0.05, 0.1) is 6.04 Å². The third kappa shape index (κ3) is 5.29. The molecule has 1 heterocycles. The normalized spacial score (nSPS) is 12.2. The summed E-state index contributed by atoms with van der Waals surface area (Å²) in [5.74, 6) is -0.00214. The highest BCUT2D eigenvalue weighted by Crippen LogP contribution is 2.30. The van der Waals surface area contributed by atoms with Crippen LogP contribution < -0.4 is 5.32 Å². The molecule has 0 radical (unpaired) electrons. The third-order valence-electron chi connectivity index (χ3n) is 3.93. The minimum absolute atomic E-state index is 0.0137. The second-order valence-electron chi connectivity index (χ2n) is 5.99. The van der Waals surface area contributed by atoms with Crippen LogP contribution >= 0.6 is 23.4 Å². The molecule has 1 atom stereocenters. The molecule has 1 amide bonds. The SMILES string of the molecule is C[C@H](NC(=O)/C(C#N)=C\c1ccc(Sc2ccc(Cl)cc2)o1)c1ccccc1. The van der Waals surface area contributed by atoms with Crippen LogP contribution in [0.2, 0.25) is 5.02 Å². The maximum absolute atomic E-state index is 12.4. The van der Waals surface area contributed by atoms with Crippen LogP contribution in [0.15, 0.2) is 86.7 Å². The van der Waals surface area contributed by atoms with Crippen LogP contribution in [0, 0.1) is 11.3 Å². The van der Waals surface area contributed by atoms with E-state index in [-0.39, 0.29) is 11.6 Å². The molecule has 140 valence electrons. The molecule has 0 aliphatic carbocycles. The maximum atomic E-state index is 12.4. The first-order valence-electron chi connectivity index (χ1n) is 8.56. The molecule has 2 aromatic carbocycles. The van der Waals surface area contributed by atoms with Crippen molar-refractivity contribution >= 4 is 35.3 Å². The van der Waals surface area contributed by atoms with Crippen LogP contribution in [-0.4, -0.2) is 5.91 Å². The average Bonchev–Trinajstić information content (AvgIpc) is 3.15. The molecular weight excluding hydrogens is 392 g/mol. The zero-order chi connectivity index (χ0) is 19.9. The fourth-order valence-electron chi connectivity index (χ4n) is 2.48. The summed E-state index contributed by atoms with van der Waals surface area (Å²) in [5.41, 5.74) is 0.952. The van der Waals surface area contributed by atoms with E-state index in [1.165, 1.54) is 17.8 Å². The van der Waals surface area contributed by atoms with Crippen molar-refractivity contribution in [2.75, 3.05) is 0 Å². The van der Waals surface area contributed by atoms with Crippen LogP contribution in [0.5, 0.6) is 0 Å². The summed E-state index contributed by atoms with van der Waals surface area (Å²) in [6, 6.07) is 22.2. The van der Waals surface area contributed by atoms with Crippen molar-refractivity contribution in [2.24, 2.45) is 0 Å². The molecule has 6 heteroatoms. The second-order valence-corrected chi connectivity index (χ2v) is 7.50. The van der Waals surface area contributed by atoms with E-state index in [4.69, 9.17) is 16.0 Å². The molecule has 3 rings (SSSR count). The summed E-state index contributed by atoms with van der Waals surface area (Å²) in [5, 5.41) is 13.5. The zero-order valence-corrected chi connectivity index (χ0v) is 16.6. The molecule has 0 unspecified atom stereocenters. The van der Waals surface area contributed by atoms with Gasteiger partial charge in [-0.25, -0.2) is 0 Å². The molecule has 28 heavy (non-hydrogen) atoms. The number of nitrogens with zero attached hydrogens (tertiary/aromatic N) is 1. The third-order valence-corrected chi connectivity index (χ3v) is 5.11. The van der Waals surface area contributed by atoms with Gasteiger partial charge in [-0.2, -0.15) is 5.26 Å². The van der Waals surface area contributed by atoms with Crippen LogP contribution in [0.3, 0.4) is 0 Å². The van der Waals surface area contributed by atoms with Gasteiger partial charge in [-0.05, 0) is 48.9 Å². The van der Waals surface area contributed by atoms with Crippen molar-refractivity contribution in [1.29, 1.82) is 5.26 Å². The van der Waals surface area contributed by atoms with Crippen molar-refractivity contribution in [3.05, 3.63) is 88.6 Å². The Morgan fingerprint density at radius 1 is 1.14 bits per heavy atom. The fourth-order valence-corrected chi connectivity index (χ4v) is 3.38. The molecule has 0 spiro atoms. The van der Waals surface area contributed by atoms with Gasteiger partial charge in [-0.3, -0.25) is 4.79 Å². The summed E-state index contributed by atoms with van der Waals surface area (Å²) >= 11 is 7.32. The van der Waals surface area contributed by atoms with E-state index in [9.17, 15) is 10.1 Å². The Morgan fingerprint density at radius 2 is 1.86 bits per heavy atom. The van der Waals surface area contributed by atoms with Crippen LogP contribution in [0.4, 0.5) is 0 Å². The highest BCUT2D eigenvalue weighted by Gasteiger charge is 2.14. The quantitative estimate of drug-likeness (QED) is 0.409. The van der Waals surface area contributed by atoms with E-state index < -0.39 is 5.91 Å². The monoisotopic (exact) mass is 408 g/mol. The lowest BCUT2D eigenvalue weighted by Gasteiger charge is -2.13. The number of nitrogens with one attached hydrogen (secondary N) is 1. The molecule has 4 nitrogen and oxygen atoms in total. The molecule has 0 aliphatic heterocycles. The van der Waals surface area contributed by atoms with E-state index in [2.05, 4.69) is 5.32 Å². The lowest BCUT2D eigenvalue weighted by molar-refractivity contribution is -0.117. The standard InChI is InChI=1S/C22H17ClN2O2S/c1-15(16-5-3-2-4-6-16)25-22(26)17(14-24)13-19-9-12-21(27-19)28-20-10-7-18(23)8-11-20/h2-13,15H,1H3,(H,25,26)/b17-13-/t15-/m0/s1. The summed E-state index contributed by atoms with van der Waals surface area (Å²) in [7, 11) is 0. The fraction of sp³-hybridized carbons (Fsp3) is 0.0909. The van der Waals surface area contributed by atoms with E-state index >= 15 is 0 Å². The Labute approximate surface area is 172 Å². The summed E-state index contributed by atoms with van der Waals surface area (Å²) in [4.78, 5) is 13.4. The van der Waals surface area contributed by atoms with Gasteiger partial charge in [0, 0.05) is 16.0 Å². The molecule has 0 bridgehead atoms. The zero-order valence-electron chi connectivity index (χ0n) is 15.1. The first-order chi connectivity index (χ1) is 13.5. The number of hydrogen-bond acceptors (Lipinski definition) is 4. The highest BCUT2D eigenvalue weighted by molar-refractivity contribution is 7.99. The molecule has 0 aliphatic rings. The first-order valence-corrected chi connectivity index (χ1v) is 9.75. The molecule has 1 aromatic heterocycles. The van der Waals surface area contributed by atoms with E-state index in [0.717, 1.165) is 10.5 Å². The van der Waals surface area contributed by atoms with Crippen molar-refractivity contribution < 1.29 is 9.21 Å². The predicted molar refractivity (Wildman–Crippen MR) is 111 cm³/mol.